The molecule has 0 bridgehead atoms. The molecule has 4 nitrogen and oxygen atoms in total. The Bertz CT molecular complexity index is 621. The Morgan fingerprint density at radius 2 is 1.86 bits per heavy atom. The van der Waals surface area contributed by atoms with E-state index in [0.717, 1.165) is 10.1 Å². The summed E-state index contributed by atoms with van der Waals surface area (Å²) in [6, 6.07) is 8.67. The summed E-state index contributed by atoms with van der Waals surface area (Å²) in [7, 11) is 0. The number of anilines is 1. The second-order valence-corrected chi connectivity index (χ2v) is 7.90. The van der Waals surface area contributed by atoms with Gasteiger partial charge in [-0.25, -0.2) is 0 Å². The summed E-state index contributed by atoms with van der Waals surface area (Å²) in [5.74, 6) is 1.32. The number of aromatic nitrogens is 2. The lowest BCUT2D eigenvalue weighted by Gasteiger charge is -2.06. The lowest BCUT2D eigenvalue weighted by molar-refractivity contribution is -0.118. The molecule has 0 saturated heterocycles. The molecule has 0 aliphatic carbocycles. The fourth-order valence-corrected chi connectivity index (χ4v) is 3.42. The van der Waals surface area contributed by atoms with Gasteiger partial charge in [0.2, 0.25) is 11.0 Å². The second-order valence-electron chi connectivity index (χ2n) is 5.70. The molecular formula is C16H21N3OS2. The zero-order valence-corrected chi connectivity index (χ0v) is 14.9. The molecule has 2 rings (SSSR count). The summed E-state index contributed by atoms with van der Waals surface area (Å²) in [6.07, 6.45) is 0. The standard InChI is InChI=1S/C16H21N3OS2/c1-10(2)13-7-5-12(6-8-13)9-21-16-19-18-15(22-16)17-14(20)11(3)4/h5-8,10-11H,9H2,1-4H3,(H,17,18,20). The van der Waals surface area contributed by atoms with Crippen molar-refractivity contribution >= 4 is 34.1 Å². The van der Waals surface area contributed by atoms with Crippen LogP contribution in [0.15, 0.2) is 28.6 Å². The lowest BCUT2D eigenvalue weighted by Crippen LogP contribution is -2.17. The average molecular weight is 335 g/mol. The molecule has 1 heterocycles. The van der Waals surface area contributed by atoms with E-state index in [9.17, 15) is 4.79 Å². The van der Waals surface area contributed by atoms with Gasteiger partial charge in [-0.05, 0) is 17.0 Å². The fraction of sp³-hybridized carbons (Fsp3) is 0.438. The number of thioether (sulfide) groups is 1. The third-order valence-corrected chi connectivity index (χ3v) is 5.21. The number of hydrogen-bond acceptors (Lipinski definition) is 5. The van der Waals surface area contributed by atoms with Crippen molar-refractivity contribution in [2.75, 3.05) is 5.32 Å². The Hall–Kier alpha value is -1.40. The van der Waals surface area contributed by atoms with Crippen LogP contribution >= 0.6 is 23.1 Å². The minimum atomic E-state index is -0.0560. The van der Waals surface area contributed by atoms with Crippen molar-refractivity contribution < 1.29 is 4.79 Å². The number of nitrogens with one attached hydrogen (secondary N) is 1. The maximum absolute atomic E-state index is 11.6. The summed E-state index contributed by atoms with van der Waals surface area (Å²) in [6.45, 7) is 8.09. The molecule has 0 aliphatic rings. The van der Waals surface area contributed by atoms with Gasteiger partial charge < -0.3 is 5.32 Å². The van der Waals surface area contributed by atoms with E-state index < -0.39 is 0 Å². The van der Waals surface area contributed by atoms with Gasteiger partial charge in [0.1, 0.15) is 0 Å². The van der Waals surface area contributed by atoms with E-state index >= 15 is 0 Å². The molecule has 1 N–H and O–H groups in total. The first-order valence-electron chi connectivity index (χ1n) is 7.31. The van der Waals surface area contributed by atoms with Crippen LogP contribution < -0.4 is 5.32 Å². The lowest BCUT2D eigenvalue weighted by atomic mass is 10.0. The second kappa shape index (κ2) is 7.74. The van der Waals surface area contributed by atoms with E-state index in [0.29, 0.717) is 11.0 Å². The maximum Gasteiger partial charge on any atom is 0.228 e. The molecule has 118 valence electrons. The summed E-state index contributed by atoms with van der Waals surface area (Å²) >= 11 is 3.05. The zero-order chi connectivity index (χ0) is 16.1. The number of nitrogens with zero attached hydrogens (tertiary/aromatic N) is 2. The van der Waals surface area contributed by atoms with Gasteiger partial charge in [-0.2, -0.15) is 0 Å². The Morgan fingerprint density at radius 1 is 1.18 bits per heavy atom. The van der Waals surface area contributed by atoms with Crippen molar-refractivity contribution in [2.24, 2.45) is 5.92 Å². The highest BCUT2D eigenvalue weighted by Crippen LogP contribution is 2.28. The molecule has 2 aromatic rings. The minimum absolute atomic E-state index is 0.0306. The number of carbonyl (C=O) groups is 1. The molecule has 0 atom stereocenters. The first-order valence-corrected chi connectivity index (χ1v) is 9.12. The van der Waals surface area contributed by atoms with Crippen molar-refractivity contribution in [3.63, 3.8) is 0 Å². The Balaban J connectivity index is 1.89. The summed E-state index contributed by atoms with van der Waals surface area (Å²) in [4.78, 5) is 11.6. The molecule has 6 heteroatoms. The Morgan fingerprint density at radius 3 is 2.45 bits per heavy atom. The highest BCUT2D eigenvalue weighted by Gasteiger charge is 2.11. The molecule has 1 amide bonds. The number of rotatable bonds is 6. The third-order valence-electron chi connectivity index (χ3n) is 3.17. The summed E-state index contributed by atoms with van der Waals surface area (Å²) in [5, 5.41) is 11.4. The topological polar surface area (TPSA) is 54.9 Å². The van der Waals surface area contributed by atoms with E-state index in [2.05, 4.69) is 53.6 Å². The highest BCUT2D eigenvalue weighted by molar-refractivity contribution is 8.00. The monoisotopic (exact) mass is 335 g/mol. The first kappa shape index (κ1) is 17.0. The zero-order valence-electron chi connectivity index (χ0n) is 13.3. The van der Waals surface area contributed by atoms with Crippen molar-refractivity contribution in [1.29, 1.82) is 0 Å². The van der Waals surface area contributed by atoms with Gasteiger partial charge in [-0.1, -0.05) is 75.1 Å². The predicted octanol–water partition coefficient (Wildman–Crippen LogP) is 4.55. The Kier molecular flexibility index (Phi) is 5.97. The molecule has 0 unspecified atom stereocenters. The number of amides is 1. The minimum Gasteiger partial charge on any atom is -0.300 e. The van der Waals surface area contributed by atoms with Gasteiger partial charge in [0.25, 0.3) is 0 Å². The quantitative estimate of drug-likeness (QED) is 0.621. The van der Waals surface area contributed by atoms with E-state index in [-0.39, 0.29) is 11.8 Å². The van der Waals surface area contributed by atoms with Crippen LogP contribution in [0.1, 0.15) is 44.7 Å². The molecule has 1 aromatic carbocycles. The van der Waals surface area contributed by atoms with Gasteiger partial charge in [0.05, 0.1) is 0 Å². The van der Waals surface area contributed by atoms with Crippen LogP contribution in [-0.2, 0) is 10.5 Å². The molecule has 0 saturated carbocycles. The Labute approximate surface area is 139 Å². The first-order chi connectivity index (χ1) is 10.5. The van der Waals surface area contributed by atoms with Crippen LogP contribution in [0.25, 0.3) is 0 Å². The largest absolute Gasteiger partial charge is 0.300 e. The number of benzene rings is 1. The molecule has 0 fully saturated rings. The van der Waals surface area contributed by atoms with E-state index in [1.165, 1.54) is 22.5 Å². The highest BCUT2D eigenvalue weighted by atomic mass is 32.2. The third kappa shape index (κ3) is 4.81. The van der Waals surface area contributed by atoms with Crippen molar-refractivity contribution in [2.45, 2.75) is 43.7 Å². The molecule has 1 aromatic heterocycles. The van der Waals surface area contributed by atoms with E-state index in [1.807, 2.05) is 13.8 Å². The summed E-state index contributed by atoms with van der Waals surface area (Å²) in [5.41, 5.74) is 2.61. The van der Waals surface area contributed by atoms with E-state index in [4.69, 9.17) is 0 Å². The fourth-order valence-electron chi connectivity index (χ4n) is 1.71. The van der Waals surface area contributed by atoms with E-state index in [1.54, 1.807) is 11.8 Å². The van der Waals surface area contributed by atoms with Crippen molar-refractivity contribution in [3.8, 4) is 0 Å². The molecular weight excluding hydrogens is 314 g/mol. The van der Waals surface area contributed by atoms with Crippen LogP contribution in [0.2, 0.25) is 0 Å². The number of carbonyl (C=O) groups excluding carboxylic acids is 1. The average Bonchev–Trinajstić information content (AvgIpc) is 2.93. The van der Waals surface area contributed by atoms with Gasteiger partial charge in [0.15, 0.2) is 4.34 Å². The van der Waals surface area contributed by atoms with Gasteiger partial charge >= 0.3 is 0 Å². The van der Waals surface area contributed by atoms with Crippen LogP contribution in [0.5, 0.6) is 0 Å². The smallest absolute Gasteiger partial charge is 0.228 e. The summed E-state index contributed by atoms with van der Waals surface area (Å²) < 4.78 is 0.868. The number of hydrogen-bond donors (Lipinski definition) is 1. The van der Waals surface area contributed by atoms with Gasteiger partial charge in [0, 0.05) is 11.7 Å². The SMILES string of the molecule is CC(C)C(=O)Nc1nnc(SCc2ccc(C(C)C)cc2)s1. The molecule has 0 aliphatic heterocycles. The molecule has 0 spiro atoms. The van der Waals surface area contributed by atoms with Crippen LogP contribution in [0.3, 0.4) is 0 Å². The van der Waals surface area contributed by atoms with Crippen LogP contribution in [-0.4, -0.2) is 16.1 Å². The van der Waals surface area contributed by atoms with Crippen molar-refractivity contribution in [3.05, 3.63) is 35.4 Å². The predicted molar refractivity (Wildman–Crippen MR) is 93.5 cm³/mol. The van der Waals surface area contributed by atoms with Crippen molar-refractivity contribution in [1.82, 2.24) is 10.2 Å². The normalized spacial score (nSPS) is 11.2. The van der Waals surface area contributed by atoms with Crippen LogP contribution in [0, 0.1) is 5.92 Å². The maximum atomic E-state index is 11.6. The van der Waals surface area contributed by atoms with Gasteiger partial charge in [-0.15, -0.1) is 10.2 Å². The molecule has 22 heavy (non-hydrogen) atoms. The van der Waals surface area contributed by atoms with Crippen LogP contribution in [0.4, 0.5) is 5.13 Å². The molecule has 0 radical (unpaired) electrons. The van der Waals surface area contributed by atoms with Gasteiger partial charge in [-0.3, -0.25) is 4.79 Å².